The second-order valence-electron chi connectivity index (χ2n) is 6.62. The van der Waals surface area contributed by atoms with Gasteiger partial charge in [-0.2, -0.15) is 0 Å². The fourth-order valence-electron chi connectivity index (χ4n) is 3.62. The van der Waals surface area contributed by atoms with Crippen molar-refractivity contribution in [3.05, 3.63) is 48.0 Å². The van der Waals surface area contributed by atoms with Crippen molar-refractivity contribution in [3.63, 3.8) is 0 Å². The zero-order valence-corrected chi connectivity index (χ0v) is 14.5. The molecule has 1 unspecified atom stereocenters. The number of benzene rings is 2. The summed E-state index contributed by atoms with van der Waals surface area (Å²) in [6.45, 7) is 3.30. The van der Waals surface area contributed by atoms with Gasteiger partial charge in [0, 0.05) is 24.8 Å². The average Bonchev–Trinajstić information content (AvgIpc) is 3.11. The van der Waals surface area contributed by atoms with E-state index in [9.17, 15) is 0 Å². The van der Waals surface area contributed by atoms with E-state index < -0.39 is 0 Å². The lowest BCUT2D eigenvalue weighted by molar-refractivity contribution is 0.171. The van der Waals surface area contributed by atoms with Gasteiger partial charge in [-0.05, 0) is 49.2 Å². The summed E-state index contributed by atoms with van der Waals surface area (Å²) in [7, 11) is 1.67. The molecule has 4 rings (SSSR count). The summed E-state index contributed by atoms with van der Waals surface area (Å²) >= 11 is 0. The van der Waals surface area contributed by atoms with E-state index in [0.29, 0.717) is 11.8 Å². The van der Waals surface area contributed by atoms with Crippen LogP contribution in [0.15, 0.2) is 42.5 Å². The molecule has 25 heavy (non-hydrogen) atoms. The van der Waals surface area contributed by atoms with Crippen molar-refractivity contribution >= 4 is 5.69 Å². The fourth-order valence-corrected chi connectivity index (χ4v) is 3.62. The van der Waals surface area contributed by atoms with Crippen LogP contribution in [-0.2, 0) is 6.54 Å². The molecule has 2 heterocycles. The van der Waals surface area contributed by atoms with Crippen LogP contribution in [0.2, 0.25) is 0 Å². The molecule has 0 aromatic heterocycles. The molecule has 2 aliphatic rings. The molecule has 0 spiro atoms. The second-order valence-corrected chi connectivity index (χ2v) is 6.62. The van der Waals surface area contributed by atoms with Gasteiger partial charge in [0.1, 0.15) is 0 Å². The van der Waals surface area contributed by atoms with Crippen molar-refractivity contribution in [2.75, 3.05) is 32.3 Å². The first-order valence-electron chi connectivity index (χ1n) is 8.82. The van der Waals surface area contributed by atoms with Gasteiger partial charge in [-0.25, -0.2) is 0 Å². The summed E-state index contributed by atoms with van der Waals surface area (Å²) < 4.78 is 16.5. The van der Waals surface area contributed by atoms with Gasteiger partial charge in [-0.3, -0.25) is 4.90 Å². The quantitative estimate of drug-likeness (QED) is 0.902. The second kappa shape index (κ2) is 7.23. The van der Waals surface area contributed by atoms with Gasteiger partial charge in [-0.15, -0.1) is 0 Å². The first-order chi connectivity index (χ1) is 12.3. The Labute approximate surface area is 148 Å². The van der Waals surface area contributed by atoms with Gasteiger partial charge in [0.05, 0.1) is 7.11 Å². The van der Waals surface area contributed by atoms with E-state index in [1.165, 1.54) is 24.1 Å². The van der Waals surface area contributed by atoms with Gasteiger partial charge in [0.25, 0.3) is 0 Å². The lowest BCUT2D eigenvalue weighted by atomic mass is 10.0. The minimum Gasteiger partial charge on any atom is -0.493 e. The van der Waals surface area contributed by atoms with E-state index in [-0.39, 0.29) is 6.79 Å². The molecule has 0 bridgehead atoms. The third kappa shape index (κ3) is 3.66. The van der Waals surface area contributed by atoms with E-state index in [1.54, 1.807) is 7.11 Å². The van der Waals surface area contributed by atoms with Crippen LogP contribution in [0.3, 0.4) is 0 Å². The third-order valence-electron chi connectivity index (χ3n) is 4.77. The number of nitrogens with one attached hydrogen (secondary N) is 1. The predicted octanol–water partition coefficient (Wildman–Crippen LogP) is 3.50. The molecule has 0 aliphatic carbocycles. The third-order valence-corrected chi connectivity index (χ3v) is 4.77. The molecular weight excluding hydrogens is 316 g/mol. The summed E-state index contributed by atoms with van der Waals surface area (Å²) in [5, 5.41) is 3.65. The largest absolute Gasteiger partial charge is 0.493 e. The summed E-state index contributed by atoms with van der Waals surface area (Å²) in [5.41, 5.74) is 2.39. The Kier molecular flexibility index (Phi) is 4.65. The summed E-state index contributed by atoms with van der Waals surface area (Å²) in [6, 6.07) is 15.0. The monoisotopic (exact) mass is 340 g/mol. The van der Waals surface area contributed by atoms with Gasteiger partial charge >= 0.3 is 0 Å². The number of likely N-dealkylation sites (tertiary alicyclic amines) is 1. The number of hydrogen-bond donors (Lipinski definition) is 1. The highest BCUT2D eigenvalue weighted by atomic mass is 16.7. The molecule has 0 amide bonds. The molecule has 1 N–H and O–H groups in total. The number of fused-ring (bicyclic) bond motifs is 1. The molecule has 2 aliphatic heterocycles. The number of para-hydroxylation sites is 1. The molecule has 0 radical (unpaired) electrons. The number of hydrogen-bond acceptors (Lipinski definition) is 5. The highest BCUT2D eigenvalue weighted by molar-refractivity contribution is 5.55. The van der Waals surface area contributed by atoms with Crippen LogP contribution in [0.5, 0.6) is 17.2 Å². The molecule has 2 aromatic carbocycles. The van der Waals surface area contributed by atoms with Crippen LogP contribution >= 0.6 is 0 Å². The Hall–Kier alpha value is -2.40. The number of methoxy groups -OCH3 is 1. The maximum absolute atomic E-state index is 5.54. The Morgan fingerprint density at radius 3 is 2.92 bits per heavy atom. The zero-order chi connectivity index (χ0) is 17.1. The van der Waals surface area contributed by atoms with Gasteiger partial charge in [-0.1, -0.05) is 18.2 Å². The van der Waals surface area contributed by atoms with Crippen LogP contribution < -0.4 is 19.5 Å². The summed E-state index contributed by atoms with van der Waals surface area (Å²) in [6.07, 6.45) is 2.40. The first-order valence-corrected chi connectivity index (χ1v) is 8.82. The van der Waals surface area contributed by atoms with Crippen LogP contribution in [0.1, 0.15) is 18.4 Å². The minimum atomic E-state index is 0.266. The van der Waals surface area contributed by atoms with Crippen molar-refractivity contribution in [1.82, 2.24) is 4.90 Å². The van der Waals surface area contributed by atoms with Gasteiger partial charge in [0.2, 0.25) is 12.5 Å². The highest BCUT2D eigenvalue weighted by Crippen LogP contribution is 2.42. The maximum Gasteiger partial charge on any atom is 0.231 e. The lowest BCUT2D eigenvalue weighted by Gasteiger charge is -2.33. The Balaban J connectivity index is 1.42. The predicted molar refractivity (Wildman–Crippen MR) is 97.5 cm³/mol. The van der Waals surface area contributed by atoms with Gasteiger partial charge in [0.15, 0.2) is 11.5 Å². The van der Waals surface area contributed by atoms with Crippen molar-refractivity contribution in [1.29, 1.82) is 0 Å². The van der Waals surface area contributed by atoms with E-state index in [2.05, 4.69) is 46.6 Å². The SMILES string of the molecule is COc1cc(CN2CCCC(Nc3ccccc3)C2)cc2c1OCO2. The standard InChI is InChI=1S/C20H24N2O3/c1-23-18-10-15(11-19-20(18)25-14-24-19)12-22-9-5-8-17(13-22)21-16-6-3-2-4-7-16/h2-4,6-7,10-11,17,21H,5,8-9,12-14H2,1H3. The number of anilines is 1. The number of nitrogens with zero attached hydrogens (tertiary/aromatic N) is 1. The molecular formula is C20H24N2O3. The average molecular weight is 340 g/mol. The highest BCUT2D eigenvalue weighted by Gasteiger charge is 2.23. The minimum absolute atomic E-state index is 0.266. The Morgan fingerprint density at radius 1 is 1.20 bits per heavy atom. The van der Waals surface area contributed by atoms with E-state index in [4.69, 9.17) is 14.2 Å². The van der Waals surface area contributed by atoms with E-state index >= 15 is 0 Å². The normalized spacial score (nSPS) is 19.6. The van der Waals surface area contributed by atoms with Crippen LogP contribution in [0.25, 0.3) is 0 Å². The number of rotatable bonds is 5. The van der Waals surface area contributed by atoms with Crippen LogP contribution in [0.4, 0.5) is 5.69 Å². The molecule has 132 valence electrons. The van der Waals surface area contributed by atoms with Crippen LogP contribution in [0, 0.1) is 0 Å². The number of ether oxygens (including phenoxy) is 3. The van der Waals surface area contributed by atoms with Crippen LogP contribution in [-0.4, -0.2) is 37.9 Å². The summed E-state index contributed by atoms with van der Waals surface area (Å²) in [4.78, 5) is 2.49. The smallest absolute Gasteiger partial charge is 0.231 e. The zero-order valence-electron chi connectivity index (χ0n) is 14.5. The lowest BCUT2D eigenvalue weighted by Crippen LogP contribution is -2.41. The topological polar surface area (TPSA) is 43.0 Å². The molecule has 0 saturated carbocycles. The molecule has 2 aromatic rings. The molecule has 1 saturated heterocycles. The van der Waals surface area contributed by atoms with Crippen molar-refractivity contribution < 1.29 is 14.2 Å². The maximum atomic E-state index is 5.54. The molecule has 5 heteroatoms. The molecule has 1 atom stereocenters. The number of piperidine rings is 1. The summed E-state index contributed by atoms with van der Waals surface area (Å²) in [5.74, 6) is 2.25. The Bertz CT molecular complexity index is 720. The van der Waals surface area contributed by atoms with Gasteiger partial charge < -0.3 is 19.5 Å². The first kappa shape index (κ1) is 16.1. The van der Waals surface area contributed by atoms with E-state index in [0.717, 1.165) is 31.1 Å². The Morgan fingerprint density at radius 2 is 2.08 bits per heavy atom. The van der Waals surface area contributed by atoms with Crippen molar-refractivity contribution in [3.8, 4) is 17.2 Å². The molecule has 1 fully saturated rings. The van der Waals surface area contributed by atoms with Crippen molar-refractivity contribution in [2.45, 2.75) is 25.4 Å². The molecule has 5 nitrogen and oxygen atoms in total. The fraction of sp³-hybridized carbons (Fsp3) is 0.400. The van der Waals surface area contributed by atoms with E-state index in [1.807, 2.05) is 6.07 Å². The van der Waals surface area contributed by atoms with Crippen molar-refractivity contribution in [2.24, 2.45) is 0 Å².